The summed E-state index contributed by atoms with van der Waals surface area (Å²) in [7, 11) is 0. The number of hydrogen-bond acceptors (Lipinski definition) is 4. The molecule has 0 bridgehead atoms. The molecular weight excluding hydrogens is 296 g/mol. The van der Waals surface area contributed by atoms with Gasteiger partial charge in [-0.1, -0.05) is 29.8 Å². The number of nitrogens with zero attached hydrogens (tertiary/aromatic N) is 4. The second-order valence-corrected chi connectivity index (χ2v) is 6.29. The molecule has 0 aliphatic carbocycles. The summed E-state index contributed by atoms with van der Waals surface area (Å²) in [6, 6.07) is 8.38. The van der Waals surface area contributed by atoms with Crippen LogP contribution in [0.1, 0.15) is 18.9 Å². The first-order valence-corrected chi connectivity index (χ1v) is 7.90. The Labute approximate surface area is 131 Å². The molecule has 0 spiro atoms. The maximum Gasteiger partial charge on any atom is 0.254 e. The van der Waals surface area contributed by atoms with Crippen LogP contribution in [0.15, 0.2) is 40.9 Å². The van der Waals surface area contributed by atoms with Gasteiger partial charge in [0, 0.05) is 11.1 Å². The van der Waals surface area contributed by atoms with Crippen molar-refractivity contribution in [1.82, 2.24) is 9.38 Å². The molecule has 22 heavy (non-hydrogen) atoms. The van der Waals surface area contributed by atoms with E-state index in [1.54, 1.807) is 11.3 Å². The molecule has 5 nitrogen and oxygen atoms in total. The monoisotopic (exact) mass is 310 g/mol. The Balaban J connectivity index is 1.80. The van der Waals surface area contributed by atoms with Gasteiger partial charge in [-0.25, -0.2) is 0 Å². The molecular formula is C16H14N4OS. The van der Waals surface area contributed by atoms with Crippen LogP contribution in [0.3, 0.4) is 0 Å². The Kier molecular flexibility index (Phi) is 2.87. The number of benzene rings is 1. The summed E-state index contributed by atoms with van der Waals surface area (Å²) in [5, 5.41) is 7.74. The number of thiazole rings is 1. The molecule has 0 N–H and O–H groups in total. The van der Waals surface area contributed by atoms with Gasteiger partial charge < -0.3 is 0 Å². The van der Waals surface area contributed by atoms with E-state index in [0.29, 0.717) is 12.2 Å². The van der Waals surface area contributed by atoms with Crippen LogP contribution >= 0.6 is 11.3 Å². The van der Waals surface area contributed by atoms with E-state index in [1.807, 2.05) is 17.5 Å². The quantitative estimate of drug-likeness (QED) is 0.727. The molecule has 110 valence electrons. The topological polar surface area (TPSA) is 50.0 Å². The van der Waals surface area contributed by atoms with E-state index in [-0.39, 0.29) is 5.91 Å². The van der Waals surface area contributed by atoms with E-state index in [4.69, 9.17) is 0 Å². The third-order valence-corrected chi connectivity index (χ3v) is 4.51. The zero-order valence-corrected chi connectivity index (χ0v) is 13.1. The largest absolute Gasteiger partial charge is 0.288 e. The molecule has 0 saturated heterocycles. The van der Waals surface area contributed by atoms with Gasteiger partial charge in [0.2, 0.25) is 0 Å². The number of hydrogen-bond donors (Lipinski definition) is 0. The predicted octanol–water partition coefficient (Wildman–Crippen LogP) is 3.48. The van der Waals surface area contributed by atoms with E-state index in [9.17, 15) is 4.79 Å². The average molecular weight is 310 g/mol. The van der Waals surface area contributed by atoms with Gasteiger partial charge >= 0.3 is 0 Å². The summed E-state index contributed by atoms with van der Waals surface area (Å²) >= 11 is 1.56. The summed E-state index contributed by atoms with van der Waals surface area (Å²) in [5.74, 6) is 0.558. The SMILES string of the molecule is CC1=NN(c2cn3c(-c4ccc(C)cc4)csc3n2)C(=O)C1. The number of rotatable bonds is 2. The van der Waals surface area contributed by atoms with E-state index in [1.165, 1.54) is 10.6 Å². The summed E-state index contributed by atoms with van der Waals surface area (Å²) in [6.07, 6.45) is 2.25. The number of imidazole rings is 1. The van der Waals surface area contributed by atoms with Crippen LogP contribution in [-0.4, -0.2) is 21.0 Å². The molecule has 1 aliphatic heterocycles. The molecule has 0 saturated carbocycles. The van der Waals surface area contributed by atoms with Crippen molar-refractivity contribution in [2.24, 2.45) is 5.10 Å². The molecule has 1 aliphatic rings. The lowest BCUT2D eigenvalue weighted by Crippen LogP contribution is -2.19. The molecule has 2 aromatic heterocycles. The van der Waals surface area contributed by atoms with Crippen LogP contribution in [0, 0.1) is 6.92 Å². The first kappa shape index (κ1) is 13.2. The van der Waals surface area contributed by atoms with E-state index in [2.05, 4.69) is 46.7 Å². The van der Waals surface area contributed by atoms with Crippen molar-refractivity contribution >= 4 is 33.7 Å². The van der Waals surface area contributed by atoms with Crippen LogP contribution in [0.4, 0.5) is 5.82 Å². The number of aryl methyl sites for hydroxylation is 1. The highest BCUT2D eigenvalue weighted by Gasteiger charge is 2.25. The summed E-state index contributed by atoms with van der Waals surface area (Å²) < 4.78 is 2.02. The van der Waals surface area contributed by atoms with Crippen molar-refractivity contribution < 1.29 is 4.79 Å². The molecule has 0 unspecified atom stereocenters. The highest BCUT2D eigenvalue weighted by atomic mass is 32.1. The fourth-order valence-electron chi connectivity index (χ4n) is 2.54. The fraction of sp³-hybridized carbons (Fsp3) is 0.188. The van der Waals surface area contributed by atoms with Gasteiger partial charge in [-0.2, -0.15) is 15.1 Å². The molecule has 1 aromatic carbocycles. The Bertz CT molecular complexity index is 904. The molecule has 0 fully saturated rings. The Morgan fingerprint density at radius 3 is 2.64 bits per heavy atom. The zero-order valence-electron chi connectivity index (χ0n) is 12.3. The standard InChI is InChI=1S/C16H14N4OS/c1-10-3-5-12(6-4-10)13-9-22-16-17-14(8-19(13)16)20-15(21)7-11(2)18-20/h3-6,8-9H,7H2,1-2H3. The van der Waals surface area contributed by atoms with Crippen LogP contribution < -0.4 is 5.01 Å². The molecule has 1 amide bonds. The highest BCUT2D eigenvalue weighted by molar-refractivity contribution is 7.15. The third kappa shape index (κ3) is 2.03. The van der Waals surface area contributed by atoms with Crippen molar-refractivity contribution in [1.29, 1.82) is 0 Å². The maximum absolute atomic E-state index is 11.9. The van der Waals surface area contributed by atoms with Crippen molar-refractivity contribution in [2.45, 2.75) is 20.3 Å². The number of aromatic nitrogens is 2. The minimum Gasteiger partial charge on any atom is -0.288 e. The van der Waals surface area contributed by atoms with Crippen LogP contribution in [0.5, 0.6) is 0 Å². The van der Waals surface area contributed by atoms with Gasteiger partial charge in [0.25, 0.3) is 5.91 Å². The first-order valence-electron chi connectivity index (χ1n) is 7.02. The second kappa shape index (κ2) is 4.78. The highest BCUT2D eigenvalue weighted by Crippen LogP contribution is 2.29. The Morgan fingerprint density at radius 2 is 1.95 bits per heavy atom. The number of hydrazone groups is 1. The lowest BCUT2D eigenvalue weighted by atomic mass is 10.1. The molecule has 4 rings (SSSR count). The lowest BCUT2D eigenvalue weighted by Gasteiger charge is -2.06. The Hall–Kier alpha value is -2.47. The number of amides is 1. The van der Waals surface area contributed by atoms with Gasteiger partial charge in [-0.15, -0.1) is 11.3 Å². The predicted molar refractivity (Wildman–Crippen MR) is 88.5 cm³/mol. The first-order chi connectivity index (χ1) is 10.6. The normalized spacial score (nSPS) is 14.9. The van der Waals surface area contributed by atoms with Crippen molar-refractivity contribution in [3.8, 4) is 11.3 Å². The van der Waals surface area contributed by atoms with Gasteiger partial charge in [0.1, 0.15) is 0 Å². The summed E-state index contributed by atoms with van der Waals surface area (Å²) in [6.45, 7) is 3.93. The van der Waals surface area contributed by atoms with E-state index in [0.717, 1.165) is 21.9 Å². The van der Waals surface area contributed by atoms with Crippen molar-refractivity contribution in [3.05, 3.63) is 41.4 Å². The number of fused-ring (bicyclic) bond motifs is 1. The minimum absolute atomic E-state index is 0.0276. The van der Waals surface area contributed by atoms with E-state index < -0.39 is 0 Å². The van der Waals surface area contributed by atoms with Gasteiger partial charge in [0.15, 0.2) is 10.8 Å². The summed E-state index contributed by atoms with van der Waals surface area (Å²) in [5.41, 5.74) is 4.26. The van der Waals surface area contributed by atoms with Crippen LogP contribution in [0.2, 0.25) is 0 Å². The van der Waals surface area contributed by atoms with Gasteiger partial charge in [-0.05, 0) is 19.4 Å². The minimum atomic E-state index is -0.0276. The maximum atomic E-state index is 11.9. The van der Waals surface area contributed by atoms with E-state index >= 15 is 0 Å². The smallest absolute Gasteiger partial charge is 0.254 e. The second-order valence-electron chi connectivity index (χ2n) is 5.46. The molecule has 3 heterocycles. The van der Waals surface area contributed by atoms with Crippen molar-refractivity contribution in [3.63, 3.8) is 0 Å². The summed E-state index contributed by atoms with van der Waals surface area (Å²) in [4.78, 5) is 17.3. The number of carbonyl (C=O) groups is 1. The lowest BCUT2D eigenvalue weighted by molar-refractivity contribution is -0.116. The van der Waals surface area contributed by atoms with Gasteiger partial charge in [0.05, 0.1) is 18.3 Å². The molecule has 0 atom stereocenters. The number of anilines is 1. The third-order valence-electron chi connectivity index (χ3n) is 3.67. The molecule has 6 heteroatoms. The van der Waals surface area contributed by atoms with Crippen molar-refractivity contribution in [2.75, 3.05) is 5.01 Å². The zero-order chi connectivity index (χ0) is 15.3. The fourth-order valence-corrected chi connectivity index (χ4v) is 3.42. The average Bonchev–Trinajstić information content (AvgIpc) is 3.13. The van der Waals surface area contributed by atoms with Crippen LogP contribution in [0.25, 0.3) is 16.2 Å². The molecule has 0 radical (unpaired) electrons. The van der Waals surface area contributed by atoms with Gasteiger partial charge in [-0.3, -0.25) is 9.20 Å². The number of carbonyl (C=O) groups excluding carboxylic acids is 1. The molecule has 3 aromatic rings. The van der Waals surface area contributed by atoms with Crippen LogP contribution in [-0.2, 0) is 4.79 Å². The Morgan fingerprint density at radius 1 is 1.18 bits per heavy atom.